The molecule has 0 N–H and O–H groups in total. The highest BCUT2D eigenvalue weighted by atomic mass is 16.7. The van der Waals surface area contributed by atoms with E-state index < -0.39 is 0 Å². The molecule has 33 heavy (non-hydrogen) atoms. The maximum Gasteiger partial charge on any atom is 0.261 e. The van der Waals surface area contributed by atoms with Gasteiger partial charge in [-0.15, -0.1) is 0 Å². The van der Waals surface area contributed by atoms with E-state index in [1.807, 2.05) is 36.4 Å². The highest BCUT2D eigenvalue weighted by Gasteiger charge is 2.22. The van der Waals surface area contributed by atoms with Crippen LogP contribution >= 0.6 is 0 Å². The van der Waals surface area contributed by atoms with Crippen LogP contribution in [0.3, 0.4) is 0 Å². The fraction of sp³-hybridized carbons (Fsp3) is 0.185. The van der Waals surface area contributed by atoms with Crippen molar-refractivity contribution in [2.45, 2.75) is 19.4 Å². The predicted octanol–water partition coefficient (Wildman–Crippen LogP) is 4.80. The molecule has 3 aromatic carbocycles. The van der Waals surface area contributed by atoms with Gasteiger partial charge < -0.3 is 18.8 Å². The molecule has 0 bridgehead atoms. The van der Waals surface area contributed by atoms with Crippen LogP contribution in [0, 0.1) is 0 Å². The average molecular weight is 441 g/mol. The smallest absolute Gasteiger partial charge is 0.261 e. The minimum absolute atomic E-state index is 0.0363. The molecule has 1 aliphatic heterocycles. The zero-order chi connectivity index (χ0) is 22.6. The standard InChI is InChI=1S/C27H23NO5/c29-26-21-10-4-5-11-23(21)31-17-22(26)27(30)28(14-6-9-19-7-2-1-3-8-19)16-20-12-13-24-25(15-20)33-18-32-24/h1-5,7-8,10-13,15,17H,6,9,14,16,18H2. The second-order valence-electron chi connectivity index (χ2n) is 7.98. The molecule has 5 rings (SSSR count). The lowest BCUT2D eigenvalue weighted by Gasteiger charge is -2.23. The minimum Gasteiger partial charge on any atom is -0.463 e. The number of benzene rings is 3. The normalized spacial score (nSPS) is 12.1. The van der Waals surface area contributed by atoms with Crippen LogP contribution in [-0.4, -0.2) is 24.1 Å². The first-order valence-corrected chi connectivity index (χ1v) is 10.9. The van der Waals surface area contributed by atoms with Crippen LogP contribution in [-0.2, 0) is 13.0 Å². The highest BCUT2D eigenvalue weighted by molar-refractivity contribution is 5.96. The number of amides is 1. The number of ether oxygens (including phenoxy) is 2. The molecule has 0 saturated carbocycles. The van der Waals surface area contributed by atoms with Gasteiger partial charge >= 0.3 is 0 Å². The average Bonchev–Trinajstić information content (AvgIpc) is 3.32. The van der Waals surface area contributed by atoms with E-state index in [2.05, 4.69) is 12.1 Å². The van der Waals surface area contributed by atoms with Crippen molar-refractivity contribution >= 4 is 16.9 Å². The molecule has 0 unspecified atom stereocenters. The van der Waals surface area contributed by atoms with E-state index in [-0.39, 0.29) is 23.7 Å². The van der Waals surface area contributed by atoms with Gasteiger partial charge in [0, 0.05) is 13.1 Å². The Kier molecular flexibility index (Phi) is 5.81. The molecule has 0 spiro atoms. The molecule has 1 amide bonds. The number of aryl methyl sites for hydroxylation is 1. The van der Waals surface area contributed by atoms with Crippen molar-refractivity contribution in [3.05, 3.63) is 106 Å². The fourth-order valence-electron chi connectivity index (χ4n) is 4.03. The molecule has 6 heteroatoms. The zero-order valence-corrected chi connectivity index (χ0v) is 18.0. The van der Waals surface area contributed by atoms with Crippen molar-refractivity contribution in [1.29, 1.82) is 0 Å². The van der Waals surface area contributed by atoms with Gasteiger partial charge in [0.05, 0.1) is 5.39 Å². The SMILES string of the molecule is O=C(c1coc2ccccc2c1=O)N(CCCc1ccccc1)Cc1ccc2c(c1)OCO2. The summed E-state index contributed by atoms with van der Waals surface area (Å²) in [6.07, 6.45) is 2.87. The van der Waals surface area contributed by atoms with Gasteiger partial charge in [-0.1, -0.05) is 48.5 Å². The summed E-state index contributed by atoms with van der Waals surface area (Å²) in [4.78, 5) is 28.2. The number of carbonyl (C=O) groups excluding carboxylic acids is 1. The summed E-state index contributed by atoms with van der Waals surface area (Å²) in [6.45, 7) is 1.03. The van der Waals surface area contributed by atoms with Gasteiger partial charge in [0.2, 0.25) is 12.2 Å². The summed E-state index contributed by atoms with van der Waals surface area (Å²) < 4.78 is 16.5. The molecule has 1 aromatic heterocycles. The van der Waals surface area contributed by atoms with Crippen molar-refractivity contribution in [2.75, 3.05) is 13.3 Å². The summed E-state index contributed by atoms with van der Waals surface area (Å²) in [5, 5.41) is 0.399. The van der Waals surface area contributed by atoms with Gasteiger partial charge in [-0.25, -0.2) is 0 Å². The van der Waals surface area contributed by atoms with E-state index in [0.717, 1.165) is 18.4 Å². The van der Waals surface area contributed by atoms with Gasteiger partial charge in [-0.2, -0.15) is 0 Å². The van der Waals surface area contributed by atoms with E-state index in [1.54, 1.807) is 29.2 Å². The Hall–Kier alpha value is -4.06. The van der Waals surface area contributed by atoms with Crippen LogP contribution in [0.5, 0.6) is 11.5 Å². The molecule has 0 saturated heterocycles. The summed E-state index contributed by atoms with van der Waals surface area (Å²) in [5.74, 6) is 1.01. The van der Waals surface area contributed by atoms with E-state index in [9.17, 15) is 9.59 Å². The number of nitrogens with zero attached hydrogens (tertiary/aromatic N) is 1. The van der Waals surface area contributed by atoms with E-state index in [0.29, 0.717) is 35.6 Å². The Labute approximate surface area is 191 Å². The van der Waals surface area contributed by atoms with E-state index in [4.69, 9.17) is 13.9 Å². The molecular weight excluding hydrogens is 418 g/mol. The molecule has 0 radical (unpaired) electrons. The lowest BCUT2D eigenvalue weighted by molar-refractivity contribution is 0.0737. The summed E-state index contributed by atoms with van der Waals surface area (Å²) in [5.41, 5.74) is 2.29. The number of para-hydroxylation sites is 1. The third-order valence-electron chi connectivity index (χ3n) is 5.74. The van der Waals surface area contributed by atoms with Gasteiger partial charge in [-0.3, -0.25) is 9.59 Å². The Morgan fingerprint density at radius 3 is 2.55 bits per heavy atom. The number of carbonyl (C=O) groups is 1. The lowest BCUT2D eigenvalue weighted by atomic mass is 10.1. The second kappa shape index (κ2) is 9.20. The third-order valence-corrected chi connectivity index (χ3v) is 5.74. The van der Waals surface area contributed by atoms with Crippen molar-refractivity contribution in [3.63, 3.8) is 0 Å². The topological polar surface area (TPSA) is 69.0 Å². The van der Waals surface area contributed by atoms with Gasteiger partial charge in [0.25, 0.3) is 5.91 Å². The fourth-order valence-corrected chi connectivity index (χ4v) is 4.03. The van der Waals surface area contributed by atoms with E-state index in [1.165, 1.54) is 11.8 Å². The summed E-state index contributed by atoms with van der Waals surface area (Å²) >= 11 is 0. The first kappa shape index (κ1) is 20.8. The quantitative estimate of drug-likeness (QED) is 0.412. The molecule has 1 aliphatic rings. The van der Waals surface area contributed by atoms with Gasteiger partial charge in [-0.05, 0) is 48.2 Å². The molecule has 0 aliphatic carbocycles. The van der Waals surface area contributed by atoms with Crippen LogP contribution in [0.2, 0.25) is 0 Å². The Balaban J connectivity index is 1.41. The maximum atomic E-state index is 13.5. The maximum absolute atomic E-state index is 13.5. The molecule has 6 nitrogen and oxygen atoms in total. The summed E-state index contributed by atoms with van der Waals surface area (Å²) in [6, 6.07) is 22.7. The van der Waals surface area contributed by atoms with Gasteiger partial charge in [0.15, 0.2) is 11.5 Å². The molecule has 0 fully saturated rings. The second-order valence-corrected chi connectivity index (χ2v) is 7.98. The predicted molar refractivity (Wildman–Crippen MR) is 125 cm³/mol. The van der Waals surface area contributed by atoms with Crippen LogP contribution in [0.1, 0.15) is 27.9 Å². The monoisotopic (exact) mass is 441 g/mol. The van der Waals surface area contributed by atoms with Gasteiger partial charge in [0.1, 0.15) is 17.4 Å². The Morgan fingerprint density at radius 1 is 0.879 bits per heavy atom. The Morgan fingerprint density at radius 2 is 1.67 bits per heavy atom. The largest absolute Gasteiger partial charge is 0.463 e. The zero-order valence-electron chi connectivity index (χ0n) is 18.0. The molecule has 166 valence electrons. The number of hydrogen-bond donors (Lipinski definition) is 0. The molecular formula is C27H23NO5. The third kappa shape index (κ3) is 4.46. The lowest BCUT2D eigenvalue weighted by Crippen LogP contribution is -2.34. The number of hydrogen-bond acceptors (Lipinski definition) is 5. The van der Waals surface area contributed by atoms with Crippen molar-refractivity contribution in [1.82, 2.24) is 4.90 Å². The van der Waals surface area contributed by atoms with Crippen molar-refractivity contribution in [2.24, 2.45) is 0 Å². The number of fused-ring (bicyclic) bond motifs is 2. The van der Waals surface area contributed by atoms with E-state index >= 15 is 0 Å². The first-order valence-electron chi connectivity index (χ1n) is 10.9. The van der Waals surface area contributed by atoms with Crippen LogP contribution < -0.4 is 14.9 Å². The Bertz CT molecular complexity index is 1350. The highest BCUT2D eigenvalue weighted by Crippen LogP contribution is 2.33. The first-order chi connectivity index (χ1) is 16.2. The van der Waals surface area contributed by atoms with Crippen molar-refractivity contribution < 1.29 is 18.7 Å². The van der Waals surface area contributed by atoms with Crippen LogP contribution in [0.15, 0.2) is 88.3 Å². The number of rotatable bonds is 7. The molecule has 0 atom stereocenters. The molecule has 2 heterocycles. The van der Waals surface area contributed by atoms with Crippen LogP contribution in [0.4, 0.5) is 0 Å². The van der Waals surface area contributed by atoms with Crippen LogP contribution in [0.25, 0.3) is 11.0 Å². The molecule has 4 aromatic rings. The summed E-state index contributed by atoms with van der Waals surface area (Å²) in [7, 11) is 0. The minimum atomic E-state index is -0.347. The van der Waals surface area contributed by atoms with Crippen molar-refractivity contribution in [3.8, 4) is 11.5 Å².